The molecule has 1 aromatic carbocycles. The molecule has 0 unspecified atom stereocenters. The van der Waals surface area contributed by atoms with Crippen molar-refractivity contribution in [3.63, 3.8) is 0 Å². The van der Waals surface area contributed by atoms with E-state index in [-0.39, 0.29) is 5.75 Å². The van der Waals surface area contributed by atoms with Gasteiger partial charge in [0.2, 0.25) is 0 Å². The topological polar surface area (TPSA) is 76.7 Å². The third-order valence-corrected chi connectivity index (χ3v) is 2.00. The van der Waals surface area contributed by atoms with Gasteiger partial charge in [0, 0.05) is 5.56 Å². The van der Waals surface area contributed by atoms with E-state index in [2.05, 4.69) is 4.42 Å². The average molecular weight is 248 g/mol. The first-order chi connectivity index (χ1) is 8.71. The zero-order valence-corrected chi connectivity index (χ0v) is 9.70. The first-order valence-electron chi connectivity index (χ1n) is 5.02. The van der Waals surface area contributed by atoms with E-state index in [9.17, 15) is 9.59 Å². The van der Waals surface area contributed by atoms with Crippen LogP contribution in [0.4, 0.5) is 0 Å². The molecule has 0 saturated carbocycles. The quantitative estimate of drug-likeness (QED) is 0.843. The van der Waals surface area contributed by atoms with Crippen LogP contribution in [0.1, 0.15) is 20.9 Å². The van der Waals surface area contributed by atoms with E-state index < -0.39 is 0 Å². The van der Waals surface area contributed by atoms with E-state index in [1.54, 1.807) is 12.1 Å². The third kappa shape index (κ3) is 3.79. The standard InChI is InChI=1S/C8H8O3.C5H4O2/c1-11-8-4-6(5-9)2-3-7(8)10;6-4-5-2-1-3-7-5/h2-5,10H,1H3;1-4H. The fraction of sp³-hybridized carbons (Fsp3) is 0.0769. The Hall–Kier alpha value is -2.56. The molecule has 94 valence electrons. The van der Waals surface area contributed by atoms with Gasteiger partial charge in [0.1, 0.15) is 6.29 Å². The molecule has 0 fully saturated rings. The number of benzene rings is 1. The lowest BCUT2D eigenvalue weighted by molar-refractivity contribution is 0.109. The Bertz CT molecular complexity index is 502. The second kappa shape index (κ2) is 6.90. The van der Waals surface area contributed by atoms with Crippen molar-refractivity contribution in [1.29, 1.82) is 0 Å². The summed E-state index contributed by atoms with van der Waals surface area (Å²) in [5.41, 5.74) is 0.486. The molecule has 0 spiro atoms. The smallest absolute Gasteiger partial charge is 0.185 e. The minimum absolute atomic E-state index is 0.0399. The lowest BCUT2D eigenvalue weighted by Crippen LogP contribution is -1.85. The number of rotatable bonds is 3. The number of ether oxygens (including phenoxy) is 1. The number of phenols is 1. The SMILES string of the molecule is COc1cc(C=O)ccc1O.O=Cc1ccco1. The first kappa shape index (κ1) is 13.5. The Kier molecular flexibility index (Phi) is 5.18. The number of hydrogen-bond donors (Lipinski definition) is 1. The Morgan fingerprint density at radius 3 is 2.44 bits per heavy atom. The van der Waals surface area contributed by atoms with Crippen molar-refractivity contribution in [2.24, 2.45) is 0 Å². The highest BCUT2D eigenvalue weighted by Crippen LogP contribution is 2.25. The van der Waals surface area contributed by atoms with Gasteiger partial charge in [0.25, 0.3) is 0 Å². The summed E-state index contributed by atoms with van der Waals surface area (Å²) in [4.78, 5) is 20.0. The van der Waals surface area contributed by atoms with Crippen LogP contribution in [0, 0.1) is 0 Å². The second-order valence-electron chi connectivity index (χ2n) is 3.18. The Balaban J connectivity index is 0.000000199. The summed E-state index contributed by atoms with van der Waals surface area (Å²) in [5.74, 6) is 0.729. The fourth-order valence-corrected chi connectivity index (χ4v) is 1.13. The molecule has 0 atom stereocenters. The van der Waals surface area contributed by atoms with Gasteiger partial charge < -0.3 is 14.3 Å². The second-order valence-corrected chi connectivity index (χ2v) is 3.18. The third-order valence-electron chi connectivity index (χ3n) is 2.00. The van der Waals surface area contributed by atoms with Crippen LogP contribution in [0.15, 0.2) is 41.0 Å². The van der Waals surface area contributed by atoms with Gasteiger partial charge >= 0.3 is 0 Å². The van der Waals surface area contributed by atoms with Gasteiger partial charge in [-0.1, -0.05) is 0 Å². The molecule has 0 bridgehead atoms. The van der Waals surface area contributed by atoms with Gasteiger partial charge in [-0.3, -0.25) is 9.59 Å². The van der Waals surface area contributed by atoms with Gasteiger partial charge in [0.15, 0.2) is 23.5 Å². The molecule has 1 heterocycles. The van der Waals surface area contributed by atoms with Crippen molar-refractivity contribution in [2.45, 2.75) is 0 Å². The van der Waals surface area contributed by atoms with Crippen LogP contribution in [0.2, 0.25) is 0 Å². The van der Waals surface area contributed by atoms with E-state index in [0.29, 0.717) is 29.6 Å². The Morgan fingerprint density at radius 2 is 2.00 bits per heavy atom. The van der Waals surface area contributed by atoms with Crippen LogP contribution in [-0.4, -0.2) is 24.8 Å². The summed E-state index contributed by atoms with van der Waals surface area (Å²) >= 11 is 0. The van der Waals surface area contributed by atoms with Gasteiger partial charge in [-0.15, -0.1) is 0 Å². The zero-order chi connectivity index (χ0) is 13.4. The summed E-state index contributed by atoms with van der Waals surface area (Å²) < 4.78 is 9.39. The predicted molar refractivity (Wildman–Crippen MR) is 64.1 cm³/mol. The highest BCUT2D eigenvalue weighted by molar-refractivity contribution is 5.76. The largest absolute Gasteiger partial charge is 0.504 e. The molecule has 18 heavy (non-hydrogen) atoms. The molecular weight excluding hydrogens is 236 g/mol. The maximum Gasteiger partial charge on any atom is 0.185 e. The Labute approximate surface area is 104 Å². The van der Waals surface area contributed by atoms with Crippen molar-refractivity contribution in [1.82, 2.24) is 0 Å². The molecule has 5 heteroatoms. The van der Waals surface area contributed by atoms with Crippen molar-refractivity contribution >= 4 is 12.6 Å². The van der Waals surface area contributed by atoms with Crippen LogP contribution >= 0.6 is 0 Å². The van der Waals surface area contributed by atoms with Gasteiger partial charge in [-0.25, -0.2) is 0 Å². The van der Waals surface area contributed by atoms with Gasteiger partial charge in [-0.05, 0) is 30.3 Å². The number of carbonyl (C=O) groups is 2. The number of aldehydes is 2. The van der Waals surface area contributed by atoms with E-state index in [4.69, 9.17) is 9.84 Å². The van der Waals surface area contributed by atoms with Crippen molar-refractivity contribution < 1.29 is 23.8 Å². The summed E-state index contributed by atoms with van der Waals surface area (Å²) in [6, 6.07) is 7.69. The number of methoxy groups -OCH3 is 1. The molecule has 0 aliphatic heterocycles. The minimum Gasteiger partial charge on any atom is -0.504 e. The number of carbonyl (C=O) groups excluding carboxylic acids is 2. The maximum absolute atomic E-state index is 10.2. The molecule has 0 aliphatic rings. The number of hydrogen-bond acceptors (Lipinski definition) is 5. The minimum atomic E-state index is 0.0399. The summed E-state index contributed by atoms with van der Waals surface area (Å²) in [6.07, 6.45) is 2.83. The molecule has 2 aromatic rings. The van der Waals surface area contributed by atoms with E-state index in [1.165, 1.54) is 31.6 Å². The van der Waals surface area contributed by atoms with Crippen LogP contribution in [-0.2, 0) is 0 Å². The molecule has 2 rings (SSSR count). The maximum atomic E-state index is 10.2. The summed E-state index contributed by atoms with van der Waals surface area (Å²) in [5, 5.41) is 9.09. The lowest BCUT2D eigenvalue weighted by atomic mass is 10.2. The van der Waals surface area contributed by atoms with Crippen molar-refractivity contribution in [3.05, 3.63) is 47.9 Å². The van der Waals surface area contributed by atoms with Crippen molar-refractivity contribution in [3.8, 4) is 11.5 Å². The van der Waals surface area contributed by atoms with Crippen molar-refractivity contribution in [2.75, 3.05) is 7.11 Å². The molecular formula is C13H12O5. The summed E-state index contributed by atoms with van der Waals surface area (Å²) in [7, 11) is 1.43. The number of furan rings is 1. The molecule has 5 nitrogen and oxygen atoms in total. The number of phenolic OH excluding ortho intramolecular Hbond substituents is 1. The van der Waals surface area contributed by atoms with Crippen LogP contribution in [0.5, 0.6) is 11.5 Å². The zero-order valence-electron chi connectivity index (χ0n) is 9.70. The van der Waals surface area contributed by atoms with Crippen LogP contribution in [0.3, 0.4) is 0 Å². The van der Waals surface area contributed by atoms with Gasteiger partial charge in [0.05, 0.1) is 13.4 Å². The van der Waals surface area contributed by atoms with E-state index in [1.807, 2.05) is 0 Å². The lowest BCUT2D eigenvalue weighted by Gasteiger charge is -2.01. The summed E-state index contributed by atoms with van der Waals surface area (Å²) in [6.45, 7) is 0. The van der Waals surface area contributed by atoms with Crippen LogP contribution < -0.4 is 4.74 Å². The number of aromatic hydroxyl groups is 1. The first-order valence-corrected chi connectivity index (χ1v) is 5.02. The average Bonchev–Trinajstić information content (AvgIpc) is 2.93. The molecule has 0 aliphatic carbocycles. The highest BCUT2D eigenvalue weighted by Gasteiger charge is 2.00. The highest BCUT2D eigenvalue weighted by atomic mass is 16.5. The Morgan fingerprint density at radius 1 is 1.22 bits per heavy atom. The molecule has 0 radical (unpaired) electrons. The van der Waals surface area contributed by atoms with Gasteiger partial charge in [-0.2, -0.15) is 0 Å². The molecule has 1 aromatic heterocycles. The van der Waals surface area contributed by atoms with Crippen LogP contribution in [0.25, 0.3) is 0 Å². The molecule has 0 amide bonds. The predicted octanol–water partition coefficient (Wildman–Crippen LogP) is 2.31. The molecule has 0 saturated heterocycles. The normalized spacial score (nSPS) is 8.94. The van der Waals surface area contributed by atoms with E-state index >= 15 is 0 Å². The molecule has 1 N–H and O–H groups in total. The fourth-order valence-electron chi connectivity index (χ4n) is 1.13. The van der Waals surface area contributed by atoms with E-state index in [0.717, 1.165) is 0 Å². The monoisotopic (exact) mass is 248 g/mol.